The number of halogens is 2. The van der Waals surface area contributed by atoms with Gasteiger partial charge in [-0.1, -0.05) is 67.3 Å². The summed E-state index contributed by atoms with van der Waals surface area (Å²) in [6, 6.07) is 32.2. The molecule has 9 heteroatoms. The highest BCUT2D eigenvalue weighted by Crippen LogP contribution is 2.30. The molecule has 3 aromatic rings. The highest BCUT2D eigenvalue weighted by Gasteiger charge is 2.48. The third-order valence-corrected chi connectivity index (χ3v) is 6.85. The summed E-state index contributed by atoms with van der Waals surface area (Å²) in [7, 11) is -6.04. The Morgan fingerprint density at radius 1 is 0.875 bits per heavy atom. The average Bonchev–Trinajstić information content (AvgIpc) is 2.79. The largest absolute Gasteiger partial charge is 0.743 e. The minimum absolute atomic E-state index is 0.0146. The monoisotopic (exact) mass is 478 g/mol. The molecular weight excluding hydrogens is 458 g/mol. The summed E-state index contributed by atoms with van der Waals surface area (Å²) in [5.41, 5.74) is 0. The van der Waals surface area contributed by atoms with E-state index in [4.69, 9.17) is 0 Å². The molecule has 0 radical (unpaired) electrons. The van der Waals surface area contributed by atoms with E-state index < -0.39 is 27.9 Å². The maximum atomic E-state index is 12.2. The maximum absolute atomic E-state index is 12.2. The first kappa shape index (κ1) is 25.3. The molecule has 0 aliphatic rings. The Morgan fingerprint density at radius 2 is 1.22 bits per heavy atom. The molecule has 0 heterocycles. The van der Waals surface area contributed by atoms with E-state index in [1.807, 2.05) is 0 Å². The minimum atomic E-state index is -6.02. The van der Waals surface area contributed by atoms with Crippen molar-refractivity contribution in [1.82, 2.24) is 0 Å². The van der Waals surface area contributed by atoms with Crippen LogP contribution >= 0.6 is 0 Å². The molecule has 0 atom stereocenters. The number of ether oxygens (including phenoxy) is 1. The second-order valence-electron chi connectivity index (χ2n) is 6.10. The van der Waals surface area contributed by atoms with Crippen LogP contribution in [0, 0.1) is 0 Å². The van der Waals surface area contributed by atoms with Gasteiger partial charge in [0, 0.05) is 0 Å². The van der Waals surface area contributed by atoms with Crippen molar-refractivity contribution >= 4 is 27.0 Å². The van der Waals surface area contributed by atoms with Crippen molar-refractivity contribution < 1.29 is 31.3 Å². The first-order valence-electron chi connectivity index (χ1n) is 9.19. The van der Waals surface area contributed by atoms with Crippen LogP contribution < -0.4 is 0 Å². The van der Waals surface area contributed by atoms with Crippen LogP contribution in [-0.2, 0) is 30.5 Å². The SMILES string of the molecule is C=CCOC(=O)C(F)(F)S(=O)(=O)[O-].c1ccc([S+](c2ccccc2)c2ccccc2)cc1. The van der Waals surface area contributed by atoms with Crippen molar-refractivity contribution in [2.75, 3.05) is 6.61 Å². The van der Waals surface area contributed by atoms with Crippen LogP contribution in [-0.4, -0.2) is 30.8 Å². The van der Waals surface area contributed by atoms with Crippen LogP contribution in [0.4, 0.5) is 8.78 Å². The van der Waals surface area contributed by atoms with Crippen LogP contribution in [0.25, 0.3) is 0 Å². The predicted molar refractivity (Wildman–Crippen MR) is 117 cm³/mol. The Kier molecular flexibility index (Phi) is 9.13. The number of carbonyl (C=O) groups is 1. The maximum Gasteiger partial charge on any atom is 0.428 e. The molecule has 0 spiro atoms. The van der Waals surface area contributed by atoms with Gasteiger partial charge in [0.25, 0.3) is 0 Å². The first-order chi connectivity index (χ1) is 15.2. The van der Waals surface area contributed by atoms with Crippen LogP contribution in [0.15, 0.2) is 118 Å². The third-order valence-electron chi connectivity index (χ3n) is 3.82. The molecule has 3 rings (SSSR count). The lowest BCUT2D eigenvalue weighted by atomic mass is 10.4. The molecule has 0 saturated carbocycles. The summed E-state index contributed by atoms with van der Waals surface area (Å²) in [6.45, 7) is 2.43. The summed E-state index contributed by atoms with van der Waals surface area (Å²) in [5.74, 6) is -2.40. The van der Waals surface area contributed by atoms with E-state index >= 15 is 0 Å². The third kappa shape index (κ3) is 6.74. The lowest BCUT2D eigenvalue weighted by Gasteiger charge is -2.17. The molecule has 0 N–H and O–H groups in total. The van der Waals surface area contributed by atoms with Gasteiger partial charge in [-0.25, -0.2) is 13.2 Å². The van der Waals surface area contributed by atoms with Gasteiger partial charge in [0.05, 0.1) is 10.9 Å². The van der Waals surface area contributed by atoms with Gasteiger partial charge in [-0.2, -0.15) is 8.78 Å². The predicted octanol–water partition coefficient (Wildman–Crippen LogP) is 4.64. The quantitative estimate of drug-likeness (QED) is 0.214. The van der Waals surface area contributed by atoms with Gasteiger partial charge in [-0.15, -0.1) is 0 Å². The van der Waals surface area contributed by atoms with Crippen LogP contribution in [0.2, 0.25) is 0 Å². The number of hydrogen-bond donors (Lipinski definition) is 0. The molecule has 5 nitrogen and oxygen atoms in total. The van der Waals surface area contributed by atoms with E-state index in [1.54, 1.807) is 0 Å². The molecular formula is C23H20F2O5S2. The summed E-state index contributed by atoms with van der Waals surface area (Å²) in [5, 5.41) is -5.05. The second-order valence-corrected chi connectivity index (χ2v) is 9.55. The fraction of sp³-hybridized carbons (Fsp3) is 0.0870. The molecule has 0 aromatic heterocycles. The zero-order chi connectivity index (χ0) is 23.6. The molecule has 0 bridgehead atoms. The number of esters is 1. The lowest BCUT2D eigenvalue weighted by molar-refractivity contribution is -0.160. The normalized spacial score (nSPS) is 11.2. The summed E-state index contributed by atoms with van der Waals surface area (Å²) in [6.07, 6.45) is 0.950. The molecule has 168 valence electrons. The fourth-order valence-electron chi connectivity index (χ4n) is 2.40. The van der Waals surface area contributed by atoms with Gasteiger partial charge in [0.15, 0.2) is 24.8 Å². The second kappa shape index (κ2) is 11.6. The van der Waals surface area contributed by atoms with Crippen LogP contribution in [0.5, 0.6) is 0 Å². The van der Waals surface area contributed by atoms with Crippen LogP contribution in [0.1, 0.15) is 0 Å². The van der Waals surface area contributed by atoms with Crippen molar-refractivity contribution in [3.8, 4) is 0 Å². The van der Waals surface area contributed by atoms with E-state index in [0.717, 1.165) is 6.08 Å². The summed E-state index contributed by atoms with van der Waals surface area (Å²) in [4.78, 5) is 14.4. The topological polar surface area (TPSA) is 83.5 Å². The average molecular weight is 479 g/mol. The molecule has 0 aliphatic carbocycles. The van der Waals surface area contributed by atoms with Crippen molar-refractivity contribution in [2.45, 2.75) is 19.9 Å². The highest BCUT2D eigenvalue weighted by molar-refractivity contribution is 7.97. The Balaban J connectivity index is 0.000000247. The van der Waals surface area contributed by atoms with Crippen molar-refractivity contribution in [1.29, 1.82) is 0 Å². The van der Waals surface area contributed by atoms with E-state index in [2.05, 4.69) is 102 Å². The number of carbonyl (C=O) groups excluding carboxylic acids is 1. The standard InChI is InChI=1S/C18H15S.C5H6F2O5S/c1-4-10-16(11-5-1)19(17-12-6-2-7-13-17)18-14-8-3-9-15-18;1-2-3-12-4(8)5(6,7)13(9,10)11/h1-15H;2H,1,3H2,(H,9,10,11)/q+1;/p-1. The number of benzene rings is 3. The van der Waals surface area contributed by atoms with Crippen LogP contribution in [0.3, 0.4) is 0 Å². The van der Waals surface area contributed by atoms with Gasteiger partial charge in [-0.05, 0) is 36.4 Å². The zero-order valence-corrected chi connectivity index (χ0v) is 18.4. The van der Waals surface area contributed by atoms with Crippen molar-refractivity contribution in [3.63, 3.8) is 0 Å². The molecule has 3 aromatic carbocycles. The zero-order valence-electron chi connectivity index (χ0n) is 16.8. The number of hydrogen-bond acceptors (Lipinski definition) is 5. The first-order valence-corrected chi connectivity index (χ1v) is 11.8. The fourth-order valence-corrected chi connectivity index (χ4v) is 4.77. The molecule has 0 unspecified atom stereocenters. The summed E-state index contributed by atoms with van der Waals surface area (Å²) >= 11 is 0. The van der Waals surface area contributed by atoms with E-state index in [1.165, 1.54) is 14.7 Å². The highest BCUT2D eigenvalue weighted by atomic mass is 32.2. The van der Waals surface area contributed by atoms with E-state index in [0.29, 0.717) is 0 Å². The molecule has 0 saturated heterocycles. The van der Waals surface area contributed by atoms with Gasteiger partial charge in [0.2, 0.25) is 0 Å². The Bertz CT molecular complexity index is 1010. The Hall–Kier alpha value is -3.01. The molecule has 0 amide bonds. The Labute approximate surface area is 188 Å². The van der Waals surface area contributed by atoms with E-state index in [9.17, 15) is 26.5 Å². The molecule has 32 heavy (non-hydrogen) atoms. The smallest absolute Gasteiger partial charge is 0.428 e. The summed E-state index contributed by atoms with van der Waals surface area (Å²) < 4.78 is 57.6. The van der Waals surface area contributed by atoms with Crippen molar-refractivity contribution in [2.24, 2.45) is 0 Å². The number of alkyl halides is 2. The lowest BCUT2D eigenvalue weighted by Crippen LogP contribution is -2.39. The van der Waals surface area contributed by atoms with Gasteiger partial charge in [0.1, 0.15) is 6.61 Å². The molecule has 0 aliphatic heterocycles. The molecule has 0 fully saturated rings. The van der Waals surface area contributed by atoms with Crippen molar-refractivity contribution in [3.05, 3.63) is 104 Å². The van der Waals surface area contributed by atoms with Gasteiger partial charge < -0.3 is 9.29 Å². The van der Waals surface area contributed by atoms with E-state index in [-0.39, 0.29) is 10.9 Å². The Morgan fingerprint density at radius 3 is 1.50 bits per heavy atom. The minimum Gasteiger partial charge on any atom is -0.743 e. The number of rotatable bonds is 7. The van der Waals surface area contributed by atoms with Gasteiger partial charge >= 0.3 is 11.2 Å². The van der Waals surface area contributed by atoms with Gasteiger partial charge in [-0.3, -0.25) is 0 Å².